The second kappa shape index (κ2) is 4.82. The van der Waals surface area contributed by atoms with Crippen LogP contribution in [0.1, 0.15) is 24.7 Å². The first-order valence-corrected chi connectivity index (χ1v) is 4.84. The molecule has 0 atom stereocenters. The number of aromatic nitrogens is 1. The third-order valence-corrected chi connectivity index (χ3v) is 2.45. The van der Waals surface area contributed by atoms with Gasteiger partial charge in [0.25, 0.3) is 0 Å². The summed E-state index contributed by atoms with van der Waals surface area (Å²) >= 11 is 0. The molecule has 0 saturated carbocycles. The summed E-state index contributed by atoms with van der Waals surface area (Å²) in [5, 5.41) is 0.737. The van der Waals surface area contributed by atoms with Crippen LogP contribution in [0.5, 0.6) is 5.75 Å². The number of benzene rings is 1. The average molecular weight is 233 g/mol. The number of ketones is 2. The lowest BCUT2D eigenvalue weighted by molar-refractivity contribution is -0.113. The average Bonchev–Trinajstić information content (AvgIpc) is 2.70. The Morgan fingerprint density at radius 3 is 2.59 bits per heavy atom. The minimum Gasteiger partial charge on any atom is -0.497 e. The molecule has 0 bridgehead atoms. The molecule has 0 amide bonds. The van der Waals surface area contributed by atoms with Gasteiger partial charge >= 0.3 is 0 Å². The van der Waals surface area contributed by atoms with Crippen molar-refractivity contribution in [1.82, 2.24) is 4.98 Å². The van der Waals surface area contributed by atoms with Gasteiger partial charge in [0.15, 0.2) is 5.78 Å². The van der Waals surface area contributed by atoms with Gasteiger partial charge in [0.2, 0.25) is 5.78 Å². The number of aromatic amines is 1. The maximum Gasteiger partial charge on any atom is 0.230 e. The molecule has 90 valence electrons. The van der Waals surface area contributed by atoms with E-state index in [1.807, 2.05) is 0 Å². The first kappa shape index (κ1) is 13.0. The van der Waals surface area contributed by atoms with Gasteiger partial charge in [0.05, 0.1) is 12.7 Å². The van der Waals surface area contributed by atoms with Gasteiger partial charge in [0, 0.05) is 30.1 Å². The number of carbonyl (C=O) groups excluding carboxylic acids is 2. The molecule has 4 heteroatoms. The third kappa shape index (κ3) is 2.20. The fourth-order valence-electron chi connectivity index (χ4n) is 1.61. The van der Waals surface area contributed by atoms with E-state index >= 15 is 0 Å². The van der Waals surface area contributed by atoms with Crippen LogP contribution in [0.2, 0.25) is 0 Å². The Morgan fingerprint density at radius 1 is 1.29 bits per heavy atom. The summed E-state index contributed by atoms with van der Waals surface area (Å²) in [5.41, 5.74) is 1.19. The lowest BCUT2D eigenvalue weighted by Crippen LogP contribution is -2.08. The minimum atomic E-state index is -0.476. The SMILES string of the molecule is C.COc1ccc2c(C(=O)C(C)=O)c[nH]c2c1. The van der Waals surface area contributed by atoms with E-state index in [-0.39, 0.29) is 7.43 Å². The number of nitrogens with one attached hydrogen (secondary N) is 1. The Kier molecular flexibility index (Phi) is 3.68. The Morgan fingerprint density at radius 2 is 2.00 bits per heavy atom. The van der Waals surface area contributed by atoms with E-state index in [1.54, 1.807) is 31.5 Å². The van der Waals surface area contributed by atoms with Crippen molar-refractivity contribution in [3.8, 4) is 5.75 Å². The monoisotopic (exact) mass is 233 g/mol. The molecule has 1 aromatic heterocycles. The molecule has 0 radical (unpaired) electrons. The highest BCUT2D eigenvalue weighted by atomic mass is 16.5. The smallest absolute Gasteiger partial charge is 0.230 e. The summed E-state index contributed by atoms with van der Waals surface area (Å²) in [6.45, 7) is 1.27. The number of ether oxygens (including phenoxy) is 1. The van der Waals surface area contributed by atoms with Crippen LogP contribution in [-0.4, -0.2) is 23.7 Å². The number of fused-ring (bicyclic) bond motifs is 1. The molecule has 0 aliphatic heterocycles. The van der Waals surface area contributed by atoms with Crippen LogP contribution in [0, 0.1) is 0 Å². The molecule has 0 saturated heterocycles. The molecule has 1 N–H and O–H groups in total. The van der Waals surface area contributed by atoms with Crippen molar-refractivity contribution in [3.05, 3.63) is 30.0 Å². The van der Waals surface area contributed by atoms with E-state index in [4.69, 9.17) is 4.74 Å². The van der Waals surface area contributed by atoms with Gasteiger partial charge in [-0.1, -0.05) is 7.43 Å². The number of H-pyrrole nitrogens is 1. The van der Waals surface area contributed by atoms with E-state index in [2.05, 4.69) is 4.98 Å². The van der Waals surface area contributed by atoms with E-state index in [1.165, 1.54) is 6.92 Å². The quantitative estimate of drug-likeness (QED) is 0.654. The summed E-state index contributed by atoms with van der Waals surface area (Å²) in [6, 6.07) is 5.31. The van der Waals surface area contributed by atoms with Gasteiger partial charge in [0.1, 0.15) is 5.75 Å². The molecule has 1 aromatic carbocycles. The van der Waals surface area contributed by atoms with Crippen molar-refractivity contribution in [1.29, 1.82) is 0 Å². The van der Waals surface area contributed by atoms with Gasteiger partial charge < -0.3 is 9.72 Å². The van der Waals surface area contributed by atoms with Crippen LogP contribution in [0.15, 0.2) is 24.4 Å². The summed E-state index contributed by atoms with van der Waals surface area (Å²) in [7, 11) is 1.58. The standard InChI is InChI=1S/C12H11NO3.CH4/c1-7(14)12(15)10-6-13-11-5-8(16-2)3-4-9(10)11;/h3-6,13H,1-2H3;1H4. The number of methoxy groups -OCH3 is 1. The van der Waals surface area contributed by atoms with Gasteiger partial charge in [-0.2, -0.15) is 0 Å². The van der Waals surface area contributed by atoms with E-state index in [0.717, 1.165) is 10.9 Å². The zero-order valence-corrected chi connectivity index (χ0v) is 9.03. The molecular weight excluding hydrogens is 218 g/mol. The van der Waals surface area contributed by atoms with Crippen molar-refractivity contribution in [2.75, 3.05) is 7.11 Å². The number of rotatable bonds is 3. The zero-order valence-electron chi connectivity index (χ0n) is 9.03. The first-order valence-electron chi connectivity index (χ1n) is 4.84. The first-order chi connectivity index (χ1) is 7.63. The highest BCUT2D eigenvalue weighted by Gasteiger charge is 2.15. The summed E-state index contributed by atoms with van der Waals surface area (Å²) in [5.74, 6) is -0.232. The van der Waals surface area contributed by atoms with E-state index in [9.17, 15) is 9.59 Å². The summed E-state index contributed by atoms with van der Waals surface area (Å²) in [4.78, 5) is 25.5. The number of hydrogen-bond donors (Lipinski definition) is 1. The van der Waals surface area contributed by atoms with Gasteiger partial charge in [-0.25, -0.2) is 0 Å². The molecule has 0 unspecified atom stereocenters. The highest BCUT2D eigenvalue weighted by molar-refractivity contribution is 6.45. The number of hydrogen-bond acceptors (Lipinski definition) is 3. The molecule has 0 spiro atoms. The maximum absolute atomic E-state index is 11.6. The highest BCUT2D eigenvalue weighted by Crippen LogP contribution is 2.23. The van der Waals surface area contributed by atoms with Crippen molar-refractivity contribution in [3.63, 3.8) is 0 Å². The predicted molar refractivity (Wildman–Crippen MR) is 66.6 cm³/mol. The minimum absolute atomic E-state index is 0. The second-order valence-corrected chi connectivity index (χ2v) is 3.50. The largest absolute Gasteiger partial charge is 0.497 e. The van der Waals surface area contributed by atoms with Crippen LogP contribution in [0.25, 0.3) is 10.9 Å². The Balaban J connectivity index is 0.00000144. The van der Waals surface area contributed by atoms with Crippen LogP contribution in [0.3, 0.4) is 0 Å². The van der Waals surface area contributed by atoms with Crippen LogP contribution >= 0.6 is 0 Å². The van der Waals surface area contributed by atoms with Crippen molar-refractivity contribution < 1.29 is 14.3 Å². The Hall–Kier alpha value is -2.10. The number of carbonyl (C=O) groups is 2. The lowest BCUT2D eigenvalue weighted by Gasteiger charge is -1.99. The molecule has 4 nitrogen and oxygen atoms in total. The molecule has 0 aliphatic rings. The fraction of sp³-hybridized carbons (Fsp3) is 0.231. The van der Waals surface area contributed by atoms with Crippen molar-refractivity contribution in [2.24, 2.45) is 0 Å². The normalized spacial score (nSPS) is 9.76. The van der Waals surface area contributed by atoms with E-state index in [0.29, 0.717) is 11.3 Å². The Labute approximate surface area is 99.6 Å². The second-order valence-electron chi connectivity index (χ2n) is 3.50. The molecule has 0 aliphatic carbocycles. The third-order valence-electron chi connectivity index (χ3n) is 2.45. The van der Waals surface area contributed by atoms with Crippen molar-refractivity contribution >= 4 is 22.5 Å². The Bertz CT molecular complexity index is 569. The van der Waals surface area contributed by atoms with Crippen LogP contribution in [-0.2, 0) is 4.79 Å². The van der Waals surface area contributed by atoms with E-state index < -0.39 is 11.6 Å². The predicted octanol–water partition coefficient (Wildman–Crippen LogP) is 2.58. The lowest BCUT2D eigenvalue weighted by atomic mass is 10.1. The molecule has 17 heavy (non-hydrogen) atoms. The molecule has 2 aromatic rings. The molecular formula is C13H15NO3. The molecule has 2 rings (SSSR count). The summed E-state index contributed by atoms with van der Waals surface area (Å²) in [6.07, 6.45) is 1.55. The maximum atomic E-state index is 11.6. The topological polar surface area (TPSA) is 59.2 Å². The number of Topliss-reactive ketones (excluding diaryl/α,β-unsaturated/α-hetero) is 2. The van der Waals surface area contributed by atoms with Gasteiger partial charge in [-0.15, -0.1) is 0 Å². The molecule has 0 fully saturated rings. The van der Waals surface area contributed by atoms with Crippen LogP contribution in [0.4, 0.5) is 0 Å². The zero-order chi connectivity index (χ0) is 11.7. The van der Waals surface area contributed by atoms with Crippen molar-refractivity contribution in [2.45, 2.75) is 14.4 Å². The van der Waals surface area contributed by atoms with Crippen LogP contribution < -0.4 is 4.74 Å². The fourth-order valence-corrected chi connectivity index (χ4v) is 1.61. The summed E-state index contributed by atoms with van der Waals surface area (Å²) < 4.78 is 5.07. The molecule has 1 heterocycles. The van der Waals surface area contributed by atoms with Gasteiger partial charge in [-0.3, -0.25) is 9.59 Å². The van der Waals surface area contributed by atoms with Gasteiger partial charge in [-0.05, 0) is 12.1 Å².